The Hall–Kier alpha value is -1.75. The zero-order valence-corrected chi connectivity index (χ0v) is 16.9. The predicted octanol–water partition coefficient (Wildman–Crippen LogP) is 2.94. The molecule has 1 aromatic rings. The number of hydrogen-bond acceptors (Lipinski definition) is 3. The number of hydrogen-bond donors (Lipinski definition) is 2. The summed E-state index contributed by atoms with van der Waals surface area (Å²) < 4.78 is 0. The monoisotopic (exact) mass is 359 g/mol. The summed E-state index contributed by atoms with van der Waals surface area (Å²) in [6.45, 7) is 13.8. The second kappa shape index (κ2) is 11.8. The minimum Gasteiger partial charge on any atom is -0.371 e. The Morgan fingerprint density at radius 3 is 2.46 bits per heavy atom. The van der Waals surface area contributed by atoms with Crippen molar-refractivity contribution in [1.82, 2.24) is 15.5 Å². The van der Waals surface area contributed by atoms with Crippen molar-refractivity contribution < 1.29 is 0 Å². The third kappa shape index (κ3) is 6.87. The molecular weight excluding hydrogens is 322 g/mol. The highest BCUT2D eigenvalue weighted by Crippen LogP contribution is 2.19. The molecule has 1 aromatic carbocycles. The minimum absolute atomic E-state index is 0.505. The molecule has 0 atom stereocenters. The van der Waals surface area contributed by atoms with Crippen LogP contribution in [0.2, 0.25) is 0 Å². The molecule has 0 aromatic heterocycles. The molecule has 0 bridgehead atoms. The van der Waals surface area contributed by atoms with Gasteiger partial charge in [-0.1, -0.05) is 32.0 Å². The summed E-state index contributed by atoms with van der Waals surface area (Å²) in [6, 6.07) is 11.2. The summed E-state index contributed by atoms with van der Waals surface area (Å²) >= 11 is 0. The van der Waals surface area contributed by atoms with Gasteiger partial charge in [-0.15, -0.1) is 0 Å². The van der Waals surface area contributed by atoms with Crippen LogP contribution in [0.3, 0.4) is 0 Å². The van der Waals surface area contributed by atoms with Crippen molar-refractivity contribution in [2.75, 3.05) is 50.7 Å². The Morgan fingerprint density at radius 2 is 1.85 bits per heavy atom. The molecule has 1 fully saturated rings. The number of benzene rings is 1. The Labute approximate surface area is 159 Å². The molecule has 0 radical (unpaired) electrons. The summed E-state index contributed by atoms with van der Waals surface area (Å²) in [4.78, 5) is 9.74. The van der Waals surface area contributed by atoms with Gasteiger partial charge in [0.05, 0.1) is 6.54 Å². The van der Waals surface area contributed by atoms with Crippen molar-refractivity contribution in [3.05, 3.63) is 30.3 Å². The van der Waals surface area contributed by atoms with Crippen molar-refractivity contribution in [2.45, 2.75) is 46.1 Å². The van der Waals surface area contributed by atoms with Gasteiger partial charge < -0.3 is 20.4 Å². The standard InChI is InChI=1S/C21H37N5/c1-4-15-25(6-3)18-14-23-21(22-5-2)24-19-12-16-26(17-13-19)20-10-8-7-9-11-20/h7-11,19H,4-6,12-18H2,1-3H3,(H2,22,23,24). The van der Waals surface area contributed by atoms with E-state index in [1.807, 2.05) is 0 Å². The van der Waals surface area contributed by atoms with Gasteiger partial charge in [0.1, 0.15) is 0 Å². The summed E-state index contributed by atoms with van der Waals surface area (Å²) in [5.74, 6) is 0.971. The zero-order valence-electron chi connectivity index (χ0n) is 16.9. The molecule has 2 N–H and O–H groups in total. The van der Waals surface area contributed by atoms with Crippen LogP contribution >= 0.6 is 0 Å². The second-order valence-corrected chi connectivity index (χ2v) is 6.94. The molecule has 0 amide bonds. The SMILES string of the molecule is CCCN(CC)CCN=C(NCC)NC1CCN(c2ccccc2)CC1. The van der Waals surface area contributed by atoms with Crippen molar-refractivity contribution in [3.63, 3.8) is 0 Å². The third-order valence-electron chi connectivity index (χ3n) is 4.97. The molecule has 0 aliphatic carbocycles. The van der Waals surface area contributed by atoms with E-state index in [4.69, 9.17) is 4.99 Å². The van der Waals surface area contributed by atoms with Gasteiger partial charge in [-0.3, -0.25) is 4.99 Å². The van der Waals surface area contributed by atoms with Gasteiger partial charge in [0.2, 0.25) is 0 Å². The molecule has 2 rings (SSSR count). The van der Waals surface area contributed by atoms with Crippen molar-refractivity contribution >= 4 is 11.6 Å². The van der Waals surface area contributed by atoms with Crippen LogP contribution in [0.25, 0.3) is 0 Å². The molecule has 0 spiro atoms. The van der Waals surface area contributed by atoms with Crippen LogP contribution in [-0.2, 0) is 0 Å². The highest BCUT2D eigenvalue weighted by molar-refractivity contribution is 5.80. The van der Waals surface area contributed by atoms with Gasteiger partial charge in [-0.2, -0.15) is 0 Å². The second-order valence-electron chi connectivity index (χ2n) is 6.94. The third-order valence-corrected chi connectivity index (χ3v) is 4.97. The van der Waals surface area contributed by atoms with Crippen LogP contribution in [0.15, 0.2) is 35.3 Å². The van der Waals surface area contributed by atoms with E-state index in [1.165, 1.54) is 12.1 Å². The Kier molecular flexibility index (Phi) is 9.32. The van der Waals surface area contributed by atoms with Gasteiger partial charge in [0, 0.05) is 37.9 Å². The predicted molar refractivity (Wildman–Crippen MR) is 113 cm³/mol. The van der Waals surface area contributed by atoms with E-state index >= 15 is 0 Å². The maximum absolute atomic E-state index is 4.79. The van der Waals surface area contributed by atoms with Crippen molar-refractivity contribution in [3.8, 4) is 0 Å². The molecule has 1 saturated heterocycles. The molecule has 1 aliphatic heterocycles. The average molecular weight is 360 g/mol. The first-order chi connectivity index (χ1) is 12.8. The van der Waals surface area contributed by atoms with E-state index < -0.39 is 0 Å². The van der Waals surface area contributed by atoms with Crippen molar-refractivity contribution in [1.29, 1.82) is 0 Å². The molecule has 0 saturated carbocycles. The van der Waals surface area contributed by atoms with Crippen LogP contribution < -0.4 is 15.5 Å². The number of piperidine rings is 1. The van der Waals surface area contributed by atoms with Gasteiger partial charge in [-0.25, -0.2) is 0 Å². The van der Waals surface area contributed by atoms with Crippen molar-refractivity contribution in [2.24, 2.45) is 4.99 Å². The Bertz CT molecular complexity index is 508. The molecule has 1 heterocycles. The topological polar surface area (TPSA) is 42.9 Å². The number of para-hydroxylation sites is 1. The normalized spacial score (nSPS) is 16.2. The number of nitrogens with one attached hydrogen (secondary N) is 2. The molecule has 5 heteroatoms. The van der Waals surface area contributed by atoms with Gasteiger partial charge in [0.15, 0.2) is 5.96 Å². The Morgan fingerprint density at radius 1 is 1.12 bits per heavy atom. The molecule has 26 heavy (non-hydrogen) atoms. The molecule has 146 valence electrons. The summed E-state index contributed by atoms with van der Waals surface area (Å²) in [6.07, 6.45) is 3.50. The van der Waals surface area contributed by atoms with Crippen LogP contribution in [0.1, 0.15) is 40.0 Å². The van der Waals surface area contributed by atoms with E-state index in [0.717, 1.165) is 64.6 Å². The molecular formula is C21H37N5. The lowest BCUT2D eigenvalue weighted by atomic mass is 10.0. The highest BCUT2D eigenvalue weighted by Gasteiger charge is 2.20. The van der Waals surface area contributed by atoms with Crippen LogP contribution in [0.4, 0.5) is 5.69 Å². The summed E-state index contributed by atoms with van der Waals surface area (Å²) in [5.41, 5.74) is 1.34. The fraction of sp³-hybridized carbons (Fsp3) is 0.667. The average Bonchev–Trinajstić information content (AvgIpc) is 2.68. The first-order valence-electron chi connectivity index (χ1n) is 10.3. The highest BCUT2D eigenvalue weighted by atomic mass is 15.2. The minimum atomic E-state index is 0.505. The Balaban J connectivity index is 1.79. The maximum atomic E-state index is 4.79. The largest absolute Gasteiger partial charge is 0.371 e. The van der Waals surface area contributed by atoms with E-state index in [9.17, 15) is 0 Å². The number of likely N-dealkylation sites (N-methyl/N-ethyl adjacent to an activating group) is 1. The maximum Gasteiger partial charge on any atom is 0.191 e. The van der Waals surface area contributed by atoms with Gasteiger partial charge >= 0.3 is 0 Å². The quantitative estimate of drug-likeness (QED) is 0.525. The lowest BCUT2D eigenvalue weighted by molar-refractivity contribution is 0.297. The van der Waals surface area contributed by atoms with Gasteiger partial charge in [0.25, 0.3) is 0 Å². The lowest BCUT2D eigenvalue weighted by Crippen LogP contribution is -2.49. The number of anilines is 1. The summed E-state index contributed by atoms with van der Waals surface area (Å²) in [7, 11) is 0. The van der Waals surface area contributed by atoms with Crippen LogP contribution in [0.5, 0.6) is 0 Å². The first kappa shape index (κ1) is 20.6. The van der Waals surface area contributed by atoms with Crippen LogP contribution in [0, 0.1) is 0 Å². The smallest absolute Gasteiger partial charge is 0.191 e. The fourth-order valence-electron chi connectivity index (χ4n) is 3.48. The number of aliphatic imine (C=N–C) groups is 1. The van der Waals surface area contributed by atoms with E-state index in [2.05, 4.69) is 71.5 Å². The van der Waals surface area contributed by atoms with Crippen LogP contribution in [-0.4, -0.2) is 62.7 Å². The summed E-state index contributed by atoms with van der Waals surface area (Å²) in [5, 5.41) is 7.05. The molecule has 1 aliphatic rings. The van der Waals surface area contributed by atoms with E-state index in [-0.39, 0.29) is 0 Å². The van der Waals surface area contributed by atoms with E-state index in [1.54, 1.807) is 0 Å². The zero-order chi connectivity index (χ0) is 18.6. The first-order valence-corrected chi connectivity index (χ1v) is 10.3. The van der Waals surface area contributed by atoms with Gasteiger partial charge in [-0.05, 0) is 51.4 Å². The fourth-order valence-corrected chi connectivity index (χ4v) is 3.48. The molecule has 0 unspecified atom stereocenters. The number of rotatable bonds is 9. The van der Waals surface area contributed by atoms with E-state index in [0.29, 0.717) is 6.04 Å². The molecule has 5 nitrogen and oxygen atoms in total. The lowest BCUT2D eigenvalue weighted by Gasteiger charge is -2.34. The number of guanidine groups is 1. The number of nitrogens with zero attached hydrogens (tertiary/aromatic N) is 3.